The molecule has 0 aliphatic carbocycles. The van der Waals surface area contributed by atoms with Gasteiger partial charge >= 0.3 is 0 Å². The molecule has 0 heterocycles. The van der Waals surface area contributed by atoms with Crippen LogP contribution in [-0.4, -0.2) is 0 Å². The molecule has 0 fully saturated rings. The van der Waals surface area contributed by atoms with E-state index in [1.54, 1.807) is 12.1 Å². The van der Waals surface area contributed by atoms with Crippen molar-refractivity contribution < 1.29 is 4.39 Å². The summed E-state index contributed by atoms with van der Waals surface area (Å²) in [4.78, 5) is 0. The number of hydrogen-bond acceptors (Lipinski definition) is 1. The molecule has 0 radical (unpaired) electrons. The van der Waals surface area contributed by atoms with Gasteiger partial charge in [-0.1, -0.05) is 39.0 Å². The van der Waals surface area contributed by atoms with Crippen LogP contribution in [0.25, 0.3) is 0 Å². The molecule has 1 nitrogen and oxygen atoms in total. The monoisotopic (exact) mass is 209 g/mol. The van der Waals surface area contributed by atoms with Gasteiger partial charge in [-0.3, -0.25) is 0 Å². The van der Waals surface area contributed by atoms with Gasteiger partial charge in [0.1, 0.15) is 5.82 Å². The molecule has 0 amide bonds. The van der Waals surface area contributed by atoms with E-state index in [1.165, 1.54) is 6.07 Å². The van der Waals surface area contributed by atoms with E-state index in [-0.39, 0.29) is 17.3 Å². The topological polar surface area (TPSA) is 26.0 Å². The maximum atomic E-state index is 13.4. The normalized spacial score (nSPS) is 13.9. The lowest BCUT2D eigenvalue weighted by Crippen LogP contribution is -2.15. The van der Waals surface area contributed by atoms with E-state index in [4.69, 9.17) is 5.73 Å². The first-order chi connectivity index (χ1) is 6.90. The third kappa shape index (κ3) is 4.00. The average molecular weight is 209 g/mol. The summed E-state index contributed by atoms with van der Waals surface area (Å²) in [6.07, 6.45) is 1.83. The fourth-order valence-corrected chi connectivity index (χ4v) is 1.52. The van der Waals surface area contributed by atoms with Crippen LogP contribution in [0, 0.1) is 11.2 Å². The Labute approximate surface area is 91.5 Å². The minimum Gasteiger partial charge on any atom is -0.324 e. The number of nitrogens with two attached hydrogens (primary N) is 1. The quantitative estimate of drug-likeness (QED) is 0.808. The second-order valence-electron chi connectivity index (χ2n) is 5.23. The smallest absolute Gasteiger partial charge is 0.127 e. The Kier molecular flexibility index (Phi) is 3.86. The largest absolute Gasteiger partial charge is 0.324 e. The minimum atomic E-state index is -0.195. The minimum absolute atomic E-state index is 0.189. The molecule has 1 atom stereocenters. The number of rotatable bonds is 3. The standard InChI is InChI=1S/C13H20FN/c1-13(2,3)9-8-12(15)10-6-4-5-7-11(10)14/h4-7,12H,8-9,15H2,1-3H3. The van der Waals surface area contributed by atoms with Crippen LogP contribution in [0.1, 0.15) is 45.2 Å². The second-order valence-corrected chi connectivity index (χ2v) is 5.23. The molecule has 0 saturated carbocycles. The Morgan fingerprint density at radius 1 is 1.27 bits per heavy atom. The molecule has 84 valence electrons. The van der Waals surface area contributed by atoms with Gasteiger partial charge < -0.3 is 5.73 Å². The van der Waals surface area contributed by atoms with Gasteiger partial charge in [-0.05, 0) is 24.3 Å². The predicted octanol–water partition coefficient (Wildman–Crippen LogP) is 3.65. The fraction of sp³-hybridized carbons (Fsp3) is 0.538. The molecule has 0 aliphatic heterocycles. The maximum Gasteiger partial charge on any atom is 0.127 e. The summed E-state index contributed by atoms with van der Waals surface area (Å²) in [5.41, 5.74) is 6.84. The van der Waals surface area contributed by atoms with Gasteiger partial charge in [-0.2, -0.15) is 0 Å². The highest BCUT2D eigenvalue weighted by Crippen LogP contribution is 2.26. The van der Waals surface area contributed by atoms with Gasteiger partial charge in [0.2, 0.25) is 0 Å². The van der Waals surface area contributed by atoms with Crippen molar-refractivity contribution in [3.05, 3.63) is 35.6 Å². The van der Waals surface area contributed by atoms with Crippen LogP contribution < -0.4 is 5.73 Å². The van der Waals surface area contributed by atoms with Crippen LogP contribution in [0.3, 0.4) is 0 Å². The third-order valence-electron chi connectivity index (χ3n) is 2.51. The maximum absolute atomic E-state index is 13.4. The van der Waals surface area contributed by atoms with E-state index < -0.39 is 0 Å². The Hall–Kier alpha value is -0.890. The summed E-state index contributed by atoms with van der Waals surface area (Å²) in [6, 6.07) is 6.56. The van der Waals surface area contributed by atoms with Gasteiger partial charge in [0, 0.05) is 11.6 Å². The lowest BCUT2D eigenvalue weighted by atomic mass is 9.87. The van der Waals surface area contributed by atoms with Gasteiger partial charge in [-0.25, -0.2) is 4.39 Å². The summed E-state index contributed by atoms with van der Waals surface area (Å²) in [6.45, 7) is 6.50. The van der Waals surface area contributed by atoms with Crippen molar-refractivity contribution >= 4 is 0 Å². The highest BCUT2D eigenvalue weighted by atomic mass is 19.1. The summed E-state index contributed by atoms with van der Waals surface area (Å²) < 4.78 is 13.4. The SMILES string of the molecule is CC(C)(C)CCC(N)c1ccccc1F. The summed E-state index contributed by atoms with van der Waals surface area (Å²) in [5.74, 6) is -0.195. The predicted molar refractivity (Wildman–Crippen MR) is 62.0 cm³/mol. The highest BCUT2D eigenvalue weighted by molar-refractivity contribution is 5.20. The highest BCUT2D eigenvalue weighted by Gasteiger charge is 2.15. The Balaban J connectivity index is 2.62. The third-order valence-corrected chi connectivity index (χ3v) is 2.51. The molecule has 1 unspecified atom stereocenters. The molecule has 0 bridgehead atoms. The van der Waals surface area contributed by atoms with Crippen LogP contribution >= 0.6 is 0 Å². The molecule has 1 rings (SSSR count). The summed E-state index contributed by atoms with van der Waals surface area (Å²) in [7, 11) is 0. The van der Waals surface area contributed by atoms with Crippen LogP contribution in [0.2, 0.25) is 0 Å². The molecule has 0 spiro atoms. The van der Waals surface area contributed by atoms with Crippen molar-refractivity contribution in [3.63, 3.8) is 0 Å². The molecular formula is C13H20FN. The molecule has 2 heteroatoms. The molecule has 0 aromatic heterocycles. The van der Waals surface area contributed by atoms with Crippen LogP contribution in [0.15, 0.2) is 24.3 Å². The zero-order valence-electron chi connectivity index (χ0n) is 9.76. The van der Waals surface area contributed by atoms with Crippen molar-refractivity contribution in [2.24, 2.45) is 11.1 Å². The lowest BCUT2D eigenvalue weighted by molar-refractivity contribution is 0.347. The fourth-order valence-electron chi connectivity index (χ4n) is 1.52. The van der Waals surface area contributed by atoms with Gasteiger partial charge in [0.15, 0.2) is 0 Å². The Bertz CT molecular complexity index is 315. The molecule has 0 aliphatic rings. The Morgan fingerprint density at radius 3 is 2.40 bits per heavy atom. The van der Waals surface area contributed by atoms with Crippen molar-refractivity contribution in [1.29, 1.82) is 0 Å². The molecule has 1 aromatic carbocycles. The first kappa shape index (κ1) is 12.2. The number of benzene rings is 1. The van der Waals surface area contributed by atoms with Crippen LogP contribution in [-0.2, 0) is 0 Å². The first-order valence-corrected chi connectivity index (χ1v) is 5.40. The van der Waals surface area contributed by atoms with E-state index in [9.17, 15) is 4.39 Å². The van der Waals surface area contributed by atoms with E-state index in [1.807, 2.05) is 6.07 Å². The number of hydrogen-bond donors (Lipinski definition) is 1. The van der Waals surface area contributed by atoms with E-state index in [0.717, 1.165) is 12.8 Å². The average Bonchev–Trinajstić information content (AvgIpc) is 2.14. The summed E-state index contributed by atoms with van der Waals surface area (Å²) in [5, 5.41) is 0. The van der Waals surface area contributed by atoms with E-state index >= 15 is 0 Å². The summed E-state index contributed by atoms with van der Waals surface area (Å²) >= 11 is 0. The van der Waals surface area contributed by atoms with Gasteiger partial charge in [0.05, 0.1) is 0 Å². The molecule has 1 aromatic rings. The molecular weight excluding hydrogens is 189 g/mol. The van der Waals surface area contributed by atoms with Gasteiger partial charge in [-0.15, -0.1) is 0 Å². The van der Waals surface area contributed by atoms with Crippen molar-refractivity contribution in [1.82, 2.24) is 0 Å². The Morgan fingerprint density at radius 2 is 1.87 bits per heavy atom. The molecule has 2 N–H and O–H groups in total. The lowest BCUT2D eigenvalue weighted by Gasteiger charge is -2.21. The first-order valence-electron chi connectivity index (χ1n) is 5.40. The zero-order chi connectivity index (χ0) is 11.5. The zero-order valence-corrected chi connectivity index (χ0v) is 9.76. The van der Waals surface area contributed by atoms with Crippen molar-refractivity contribution in [3.8, 4) is 0 Å². The van der Waals surface area contributed by atoms with Crippen LogP contribution in [0.4, 0.5) is 4.39 Å². The van der Waals surface area contributed by atoms with Crippen molar-refractivity contribution in [2.45, 2.75) is 39.7 Å². The van der Waals surface area contributed by atoms with E-state index in [0.29, 0.717) is 5.56 Å². The molecule has 15 heavy (non-hydrogen) atoms. The molecule has 0 saturated heterocycles. The van der Waals surface area contributed by atoms with Crippen molar-refractivity contribution in [2.75, 3.05) is 0 Å². The number of halogens is 1. The van der Waals surface area contributed by atoms with E-state index in [2.05, 4.69) is 20.8 Å². The van der Waals surface area contributed by atoms with Crippen LogP contribution in [0.5, 0.6) is 0 Å². The van der Waals surface area contributed by atoms with Gasteiger partial charge in [0.25, 0.3) is 0 Å². The second kappa shape index (κ2) is 4.75.